The van der Waals surface area contributed by atoms with Crippen LogP contribution >= 0.6 is 0 Å². The standard InChI is InChI=1S/C17H14N2O2/c1-12-10-14(17(20)21)4-7-16(12)13-2-5-15(6-3-13)19-9-8-18-11-19/h2-11H,1H3,(H,20,21). The molecule has 0 saturated heterocycles. The first-order valence-electron chi connectivity index (χ1n) is 6.58. The van der Waals surface area contributed by atoms with Gasteiger partial charge in [0.05, 0.1) is 11.9 Å². The number of aryl methyl sites for hydroxylation is 1. The minimum Gasteiger partial charge on any atom is -0.478 e. The van der Waals surface area contributed by atoms with Crippen molar-refractivity contribution in [2.45, 2.75) is 6.92 Å². The Hall–Kier alpha value is -2.88. The molecule has 1 heterocycles. The van der Waals surface area contributed by atoms with Gasteiger partial charge in [-0.15, -0.1) is 0 Å². The van der Waals surface area contributed by atoms with Crippen molar-refractivity contribution < 1.29 is 9.90 Å². The largest absolute Gasteiger partial charge is 0.478 e. The molecule has 104 valence electrons. The average molecular weight is 278 g/mol. The highest BCUT2D eigenvalue weighted by Gasteiger charge is 2.07. The second-order valence-corrected chi connectivity index (χ2v) is 4.85. The highest BCUT2D eigenvalue weighted by atomic mass is 16.4. The Morgan fingerprint density at radius 2 is 1.90 bits per heavy atom. The molecule has 0 fully saturated rings. The number of benzene rings is 2. The highest BCUT2D eigenvalue weighted by Crippen LogP contribution is 2.25. The monoisotopic (exact) mass is 278 g/mol. The number of imidazole rings is 1. The molecule has 1 N–H and O–H groups in total. The van der Waals surface area contributed by atoms with Crippen LogP contribution in [0.15, 0.2) is 61.2 Å². The molecule has 0 amide bonds. The molecule has 4 nitrogen and oxygen atoms in total. The van der Waals surface area contributed by atoms with Crippen molar-refractivity contribution in [2.75, 3.05) is 0 Å². The molecule has 0 bridgehead atoms. The topological polar surface area (TPSA) is 55.1 Å². The predicted molar refractivity (Wildman–Crippen MR) is 80.7 cm³/mol. The van der Waals surface area contributed by atoms with Gasteiger partial charge in [0, 0.05) is 18.1 Å². The molecule has 0 unspecified atom stereocenters. The highest BCUT2D eigenvalue weighted by molar-refractivity contribution is 5.89. The summed E-state index contributed by atoms with van der Waals surface area (Å²) in [6, 6.07) is 13.3. The van der Waals surface area contributed by atoms with E-state index in [1.165, 1.54) is 0 Å². The van der Waals surface area contributed by atoms with Crippen molar-refractivity contribution in [3.63, 3.8) is 0 Å². The van der Waals surface area contributed by atoms with Gasteiger partial charge in [-0.2, -0.15) is 0 Å². The van der Waals surface area contributed by atoms with Crippen LogP contribution in [0.25, 0.3) is 16.8 Å². The molecule has 3 rings (SSSR count). The van der Waals surface area contributed by atoms with Gasteiger partial charge in [-0.3, -0.25) is 0 Å². The molecule has 0 aliphatic heterocycles. The maximum atomic E-state index is 11.0. The van der Waals surface area contributed by atoms with E-state index in [9.17, 15) is 4.79 Å². The van der Waals surface area contributed by atoms with Crippen LogP contribution < -0.4 is 0 Å². The molecule has 4 heteroatoms. The zero-order valence-electron chi connectivity index (χ0n) is 11.5. The molecular formula is C17H14N2O2. The van der Waals surface area contributed by atoms with Gasteiger partial charge >= 0.3 is 5.97 Å². The van der Waals surface area contributed by atoms with E-state index in [0.29, 0.717) is 5.56 Å². The lowest BCUT2D eigenvalue weighted by molar-refractivity contribution is 0.0697. The number of nitrogens with zero attached hydrogens (tertiary/aromatic N) is 2. The molecule has 0 aliphatic rings. The van der Waals surface area contributed by atoms with E-state index in [-0.39, 0.29) is 0 Å². The number of hydrogen-bond acceptors (Lipinski definition) is 2. The Morgan fingerprint density at radius 1 is 1.14 bits per heavy atom. The molecule has 1 aromatic heterocycles. The van der Waals surface area contributed by atoms with Gasteiger partial charge in [0.15, 0.2) is 0 Å². The zero-order chi connectivity index (χ0) is 14.8. The van der Waals surface area contributed by atoms with Crippen LogP contribution in [0.5, 0.6) is 0 Å². The summed E-state index contributed by atoms with van der Waals surface area (Å²) in [4.78, 5) is 15.0. The summed E-state index contributed by atoms with van der Waals surface area (Å²) < 4.78 is 1.93. The number of rotatable bonds is 3. The van der Waals surface area contributed by atoms with Crippen molar-refractivity contribution in [1.29, 1.82) is 0 Å². The average Bonchev–Trinajstić information content (AvgIpc) is 3.01. The van der Waals surface area contributed by atoms with Crippen LogP contribution in [0.1, 0.15) is 15.9 Å². The fraction of sp³-hybridized carbons (Fsp3) is 0.0588. The van der Waals surface area contributed by atoms with Gasteiger partial charge in [0.1, 0.15) is 0 Å². The smallest absolute Gasteiger partial charge is 0.335 e. The van der Waals surface area contributed by atoms with E-state index in [1.54, 1.807) is 24.7 Å². The van der Waals surface area contributed by atoms with Gasteiger partial charge in [-0.05, 0) is 47.9 Å². The fourth-order valence-electron chi connectivity index (χ4n) is 2.35. The quantitative estimate of drug-likeness (QED) is 0.797. The number of carbonyl (C=O) groups is 1. The molecule has 0 saturated carbocycles. The Balaban J connectivity index is 1.96. The summed E-state index contributed by atoms with van der Waals surface area (Å²) in [6.45, 7) is 1.92. The van der Waals surface area contributed by atoms with Crippen molar-refractivity contribution in [2.24, 2.45) is 0 Å². The van der Waals surface area contributed by atoms with E-state index >= 15 is 0 Å². The van der Waals surface area contributed by atoms with Crippen LogP contribution in [-0.4, -0.2) is 20.6 Å². The summed E-state index contributed by atoms with van der Waals surface area (Å²) in [6.07, 6.45) is 5.38. The summed E-state index contributed by atoms with van der Waals surface area (Å²) in [5.74, 6) is -0.903. The van der Waals surface area contributed by atoms with E-state index in [2.05, 4.69) is 4.98 Å². The van der Waals surface area contributed by atoms with E-state index in [1.807, 2.05) is 48.0 Å². The number of carboxylic acid groups (broad SMARTS) is 1. The normalized spacial score (nSPS) is 10.5. The lowest BCUT2D eigenvalue weighted by atomic mass is 9.98. The van der Waals surface area contributed by atoms with Gasteiger partial charge in [-0.1, -0.05) is 18.2 Å². The Bertz CT molecular complexity index is 775. The molecule has 0 atom stereocenters. The van der Waals surface area contributed by atoms with Gasteiger partial charge in [0.25, 0.3) is 0 Å². The number of aromatic nitrogens is 2. The second-order valence-electron chi connectivity index (χ2n) is 4.85. The molecule has 0 spiro atoms. The SMILES string of the molecule is Cc1cc(C(=O)O)ccc1-c1ccc(-n2ccnc2)cc1. The van der Waals surface area contributed by atoms with Gasteiger partial charge in [0.2, 0.25) is 0 Å². The first-order valence-corrected chi connectivity index (χ1v) is 6.58. The third-order valence-electron chi connectivity index (χ3n) is 3.45. The first kappa shape index (κ1) is 13.1. The maximum absolute atomic E-state index is 11.0. The van der Waals surface area contributed by atoms with Crippen LogP contribution in [0.4, 0.5) is 0 Å². The van der Waals surface area contributed by atoms with Crippen LogP contribution in [0, 0.1) is 6.92 Å². The maximum Gasteiger partial charge on any atom is 0.335 e. The van der Waals surface area contributed by atoms with Crippen molar-refractivity contribution in [3.05, 3.63) is 72.3 Å². The molecule has 2 aromatic carbocycles. The van der Waals surface area contributed by atoms with Crippen LogP contribution in [-0.2, 0) is 0 Å². The molecule has 0 aliphatic carbocycles. The minimum absolute atomic E-state index is 0.311. The van der Waals surface area contributed by atoms with E-state index in [0.717, 1.165) is 22.4 Å². The van der Waals surface area contributed by atoms with Crippen molar-refractivity contribution in [1.82, 2.24) is 9.55 Å². The second kappa shape index (κ2) is 5.25. The summed E-state index contributed by atoms with van der Waals surface area (Å²) >= 11 is 0. The number of aromatic carboxylic acids is 1. The number of carboxylic acids is 1. The van der Waals surface area contributed by atoms with Crippen molar-refractivity contribution >= 4 is 5.97 Å². The molecule has 0 radical (unpaired) electrons. The third kappa shape index (κ3) is 2.56. The molecule has 3 aromatic rings. The molecular weight excluding hydrogens is 264 g/mol. The first-order chi connectivity index (χ1) is 10.1. The molecule has 21 heavy (non-hydrogen) atoms. The van der Waals surface area contributed by atoms with Crippen LogP contribution in [0.3, 0.4) is 0 Å². The van der Waals surface area contributed by atoms with Gasteiger partial charge < -0.3 is 9.67 Å². The third-order valence-corrected chi connectivity index (χ3v) is 3.45. The van der Waals surface area contributed by atoms with Crippen LogP contribution in [0.2, 0.25) is 0 Å². The van der Waals surface area contributed by atoms with E-state index < -0.39 is 5.97 Å². The minimum atomic E-state index is -0.903. The Morgan fingerprint density at radius 3 is 2.48 bits per heavy atom. The Kier molecular flexibility index (Phi) is 3.28. The van der Waals surface area contributed by atoms with E-state index in [4.69, 9.17) is 5.11 Å². The lowest BCUT2D eigenvalue weighted by Crippen LogP contribution is -1.97. The number of hydrogen-bond donors (Lipinski definition) is 1. The van der Waals surface area contributed by atoms with Gasteiger partial charge in [-0.25, -0.2) is 9.78 Å². The summed E-state index contributed by atoms with van der Waals surface area (Å²) in [5, 5.41) is 9.00. The Labute approximate surface area is 122 Å². The predicted octanol–water partition coefficient (Wildman–Crippen LogP) is 3.55. The fourth-order valence-corrected chi connectivity index (χ4v) is 2.35. The zero-order valence-corrected chi connectivity index (χ0v) is 11.5. The van der Waals surface area contributed by atoms with Crippen molar-refractivity contribution in [3.8, 4) is 16.8 Å². The lowest BCUT2D eigenvalue weighted by Gasteiger charge is -2.09. The summed E-state index contributed by atoms with van der Waals surface area (Å²) in [7, 11) is 0. The summed E-state index contributed by atoms with van der Waals surface area (Å²) in [5.41, 5.74) is 4.40.